The van der Waals surface area contributed by atoms with Crippen LogP contribution in [-0.4, -0.2) is 49.9 Å². The van der Waals surface area contributed by atoms with Crippen LogP contribution in [0.5, 0.6) is 0 Å². The van der Waals surface area contributed by atoms with Crippen molar-refractivity contribution >= 4 is 42.9 Å². The Labute approximate surface area is 204 Å². The monoisotopic (exact) mass is 493 g/mol. The van der Waals surface area contributed by atoms with E-state index < -0.39 is 12.0 Å². The fourth-order valence-electron chi connectivity index (χ4n) is 4.26. The third kappa shape index (κ3) is 6.46. The number of benzene rings is 1. The van der Waals surface area contributed by atoms with Crippen LogP contribution >= 0.6 is 25.0 Å². The number of hydrogen-bond acceptors (Lipinski definition) is 5. The summed E-state index contributed by atoms with van der Waals surface area (Å²) in [5.74, 6) is -1.01. The SMILES string of the molecule is Cl.O=C(O)CCCn1cc(/C=C2/CN(C(C(=O)C3CC3)c3ccccc3F)CCC2S)cn1. The number of carbonyl (C=O) groups excluding carboxylic acids is 1. The van der Waals surface area contributed by atoms with Gasteiger partial charge in [0.05, 0.1) is 12.2 Å². The minimum absolute atomic E-state index is 0. The van der Waals surface area contributed by atoms with Crippen molar-refractivity contribution in [2.24, 2.45) is 5.92 Å². The zero-order valence-electron chi connectivity index (χ0n) is 18.3. The van der Waals surface area contributed by atoms with Gasteiger partial charge < -0.3 is 5.11 Å². The molecule has 33 heavy (non-hydrogen) atoms. The van der Waals surface area contributed by atoms with Gasteiger partial charge in [0.15, 0.2) is 5.78 Å². The number of ketones is 1. The Morgan fingerprint density at radius 3 is 2.73 bits per heavy atom. The standard InChI is InChI=1S/C24H28FN3O3S.ClH/c25-20-5-2-1-4-19(20)23(24(31)17-7-8-17)27-11-9-21(32)18(15-27)12-16-13-26-28(14-16)10-3-6-22(29)30;/h1-2,4-5,12-14,17,21,23,32H,3,6-11,15H2,(H,29,30);1H/b18-12-;. The van der Waals surface area contributed by atoms with Crippen molar-refractivity contribution in [3.63, 3.8) is 0 Å². The summed E-state index contributed by atoms with van der Waals surface area (Å²) in [4.78, 5) is 25.9. The quantitative estimate of drug-likeness (QED) is 0.506. The van der Waals surface area contributed by atoms with Gasteiger partial charge in [-0.15, -0.1) is 12.4 Å². The highest BCUT2D eigenvalue weighted by atomic mass is 35.5. The number of carboxylic acids is 1. The number of thiol groups is 1. The topological polar surface area (TPSA) is 75.4 Å². The molecular weight excluding hydrogens is 465 g/mol. The van der Waals surface area contributed by atoms with Crippen LogP contribution in [0.25, 0.3) is 6.08 Å². The maximum absolute atomic E-state index is 14.7. The van der Waals surface area contributed by atoms with Crippen LogP contribution in [0.4, 0.5) is 4.39 Å². The number of halogens is 2. The van der Waals surface area contributed by atoms with Crippen LogP contribution in [0.2, 0.25) is 0 Å². The van der Waals surface area contributed by atoms with E-state index in [0.717, 1.165) is 30.4 Å². The lowest BCUT2D eigenvalue weighted by Gasteiger charge is -2.37. The molecule has 1 saturated carbocycles. The van der Waals surface area contributed by atoms with Crippen LogP contribution in [0.3, 0.4) is 0 Å². The van der Waals surface area contributed by atoms with Gasteiger partial charge in [-0.3, -0.25) is 19.2 Å². The first kappa shape index (κ1) is 25.5. The predicted octanol–water partition coefficient (Wildman–Crippen LogP) is 4.42. The molecule has 0 bridgehead atoms. The molecule has 6 nitrogen and oxygen atoms in total. The minimum atomic E-state index is -0.815. The molecule has 9 heteroatoms. The average molecular weight is 494 g/mol. The van der Waals surface area contributed by atoms with E-state index in [4.69, 9.17) is 17.7 Å². The van der Waals surface area contributed by atoms with Gasteiger partial charge in [0, 0.05) is 54.5 Å². The Kier molecular flexibility index (Phi) is 8.73. The van der Waals surface area contributed by atoms with Crippen molar-refractivity contribution in [2.75, 3.05) is 13.1 Å². The highest BCUT2D eigenvalue weighted by molar-refractivity contribution is 7.81. The summed E-state index contributed by atoms with van der Waals surface area (Å²) in [5.41, 5.74) is 2.43. The summed E-state index contributed by atoms with van der Waals surface area (Å²) in [7, 11) is 0. The van der Waals surface area contributed by atoms with Gasteiger partial charge in [0.1, 0.15) is 5.82 Å². The molecule has 2 fully saturated rings. The molecule has 1 aromatic heterocycles. The first-order valence-corrected chi connectivity index (χ1v) is 11.6. The first-order chi connectivity index (χ1) is 15.4. The molecule has 2 aliphatic rings. The second-order valence-electron chi connectivity index (χ2n) is 8.63. The van der Waals surface area contributed by atoms with E-state index in [1.165, 1.54) is 6.07 Å². The summed E-state index contributed by atoms with van der Waals surface area (Å²) in [6.07, 6.45) is 8.83. The molecule has 0 spiro atoms. The molecule has 2 aromatic rings. The van der Waals surface area contributed by atoms with E-state index in [-0.39, 0.29) is 41.6 Å². The summed E-state index contributed by atoms with van der Waals surface area (Å²) in [6.45, 7) is 1.75. The number of aromatic nitrogens is 2. The van der Waals surface area contributed by atoms with Gasteiger partial charge in [0.2, 0.25) is 0 Å². The number of carbonyl (C=O) groups is 2. The van der Waals surface area contributed by atoms with E-state index in [2.05, 4.69) is 10.00 Å². The van der Waals surface area contributed by atoms with E-state index in [0.29, 0.717) is 31.6 Å². The molecule has 1 aromatic carbocycles. The number of piperidine rings is 1. The molecule has 0 radical (unpaired) electrons. The molecule has 2 atom stereocenters. The Bertz CT molecular complexity index is 1020. The molecule has 2 heterocycles. The van der Waals surface area contributed by atoms with Gasteiger partial charge in [-0.05, 0) is 37.3 Å². The molecule has 1 N–H and O–H groups in total. The molecule has 0 amide bonds. The summed E-state index contributed by atoms with van der Waals surface area (Å²) in [5, 5.41) is 13.2. The van der Waals surface area contributed by atoms with Gasteiger partial charge in [-0.2, -0.15) is 17.7 Å². The average Bonchev–Trinajstić information content (AvgIpc) is 3.52. The van der Waals surface area contributed by atoms with E-state index in [1.54, 1.807) is 29.1 Å². The molecule has 1 aliphatic carbocycles. The molecule has 2 unspecified atom stereocenters. The lowest BCUT2D eigenvalue weighted by molar-refractivity contribution is -0.137. The van der Waals surface area contributed by atoms with Crippen molar-refractivity contribution in [3.05, 3.63) is 59.2 Å². The molecular formula is C24H29ClFN3O3S. The fourth-order valence-corrected chi connectivity index (χ4v) is 4.53. The second kappa shape index (κ2) is 11.3. The maximum atomic E-state index is 14.7. The van der Waals surface area contributed by atoms with Crippen molar-refractivity contribution in [1.29, 1.82) is 0 Å². The molecule has 178 valence electrons. The summed E-state index contributed by atoms with van der Waals surface area (Å²) >= 11 is 4.75. The van der Waals surface area contributed by atoms with E-state index >= 15 is 0 Å². The smallest absolute Gasteiger partial charge is 0.303 e. The Morgan fingerprint density at radius 2 is 2.03 bits per heavy atom. The maximum Gasteiger partial charge on any atom is 0.303 e. The Hall–Kier alpha value is -2.16. The highest BCUT2D eigenvalue weighted by Crippen LogP contribution is 2.39. The number of hydrogen-bond donors (Lipinski definition) is 2. The lowest BCUT2D eigenvalue weighted by atomic mass is 9.93. The minimum Gasteiger partial charge on any atom is -0.481 e. The number of likely N-dealkylation sites (tertiary alicyclic amines) is 1. The largest absolute Gasteiger partial charge is 0.481 e. The lowest BCUT2D eigenvalue weighted by Crippen LogP contribution is -2.42. The Balaban J connectivity index is 0.00000306. The predicted molar refractivity (Wildman–Crippen MR) is 130 cm³/mol. The fraction of sp³-hybridized carbons (Fsp3) is 0.458. The van der Waals surface area contributed by atoms with Crippen LogP contribution in [0.1, 0.15) is 49.3 Å². The van der Waals surface area contributed by atoms with Crippen LogP contribution in [0, 0.1) is 11.7 Å². The van der Waals surface area contributed by atoms with Crippen LogP contribution < -0.4 is 0 Å². The van der Waals surface area contributed by atoms with Gasteiger partial charge in [-0.25, -0.2) is 4.39 Å². The zero-order valence-corrected chi connectivity index (χ0v) is 20.0. The van der Waals surface area contributed by atoms with E-state index in [1.807, 2.05) is 12.3 Å². The number of rotatable bonds is 9. The van der Waals surface area contributed by atoms with Crippen LogP contribution in [-0.2, 0) is 16.1 Å². The molecule has 1 aliphatic heterocycles. The Morgan fingerprint density at radius 1 is 1.27 bits per heavy atom. The van der Waals surface area contributed by atoms with Crippen LogP contribution in [0.15, 0.2) is 42.2 Å². The number of nitrogens with zero attached hydrogens (tertiary/aromatic N) is 3. The van der Waals surface area contributed by atoms with Gasteiger partial charge in [0.25, 0.3) is 0 Å². The summed E-state index contributed by atoms with van der Waals surface area (Å²) < 4.78 is 16.4. The highest BCUT2D eigenvalue weighted by Gasteiger charge is 2.40. The van der Waals surface area contributed by atoms with Crippen molar-refractivity contribution < 1.29 is 19.1 Å². The third-order valence-corrected chi connectivity index (χ3v) is 6.69. The number of carboxylic acid groups (broad SMARTS) is 1. The third-order valence-electron chi connectivity index (χ3n) is 6.10. The summed E-state index contributed by atoms with van der Waals surface area (Å²) in [6, 6.07) is 6.00. The van der Waals surface area contributed by atoms with Crippen molar-refractivity contribution in [3.8, 4) is 0 Å². The normalized spacial score (nSPS) is 20.9. The molecule has 1 saturated heterocycles. The van der Waals surface area contributed by atoms with Gasteiger partial charge in [-0.1, -0.05) is 24.3 Å². The first-order valence-electron chi connectivity index (χ1n) is 11.1. The van der Waals surface area contributed by atoms with E-state index in [9.17, 15) is 14.0 Å². The zero-order chi connectivity index (χ0) is 22.7. The van der Waals surface area contributed by atoms with Gasteiger partial charge >= 0.3 is 5.97 Å². The van der Waals surface area contributed by atoms with Crippen molar-refractivity contribution in [1.82, 2.24) is 14.7 Å². The number of aryl methyl sites for hydroxylation is 1. The second-order valence-corrected chi connectivity index (χ2v) is 9.25. The number of aliphatic carboxylic acids is 1. The number of Topliss-reactive ketones (excluding diaryl/α,β-unsaturated/α-hetero) is 1. The molecule has 4 rings (SSSR count). The van der Waals surface area contributed by atoms with Crippen molar-refractivity contribution in [2.45, 2.75) is 49.9 Å².